The Kier molecular flexibility index (Phi) is 4.52. The highest BCUT2D eigenvalue weighted by molar-refractivity contribution is 8.00. The minimum atomic E-state index is 0.0179. The van der Waals surface area contributed by atoms with Gasteiger partial charge in [0.1, 0.15) is 5.75 Å². The van der Waals surface area contributed by atoms with E-state index in [9.17, 15) is 4.79 Å². The molecule has 2 bridgehead atoms. The van der Waals surface area contributed by atoms with Gasteiger partial charge >= 0.3 is 0 Å². The summed E-state index contributed by atoms with van der Waals surface area (Å²) in [5, 5.41) is 5.26. The second kappa shape index (κ2) is 6.78. The first-order valence-electron chi connectivity index (χ1n) is 8.63. The number of nitrogens with one attached hydrogen (secondary N) is 1. The summed E-state index contributed by atoms with van der Waals surface area (Å²) < 4.78 is 1.80. The zero-order chi connectivity index (χ0) is 16.5. The molecule has 5 nitrogen and oxygen atoms in total. The van der Waals surface area contributed by atoms with E-state index in [4.69, 9.17) is 4.84 Å². The van der Waals surface area contributed by atoms with Gasteiger partial charge < -0.3 is 10.2 Å². The summed E-state index contributed by atoms with van der Waals surface area (Å²) in [6.45, 7) is 5.35. The number of hydroxylamine groups is 1. The number of carbonyl (C=O) groups excluding carboxylic acids is 1. The Morgan fingerprint density at radius 2 is 2.00 bits per heavy atom. The molecule has 128 valence electrons. The van der Waals surface area contributed by atoms with Crippen molar-refractivity contribution in [1.29, 1.82) is 0 Å². The average Bonchev–Trinajstić information content (AvgIpc) is 3.12. The number of nitrogens with zero attached hydrogens (tertiary/aromatic N) is 2. The molecule has 24 heavy (non-hydrogen) atoms. The molecule has 0 saturated carbocycles. The van der Waals surface area contributed by atoms with Crippen molar-refractivity contribution in [2.45, 2.75) is 31.8 Å². The summed E-state index contributed by atoms with van der Waals surface area (Å²) in [4.78, 5) is 20.8. The fraction of sp³-hybridized carbons (Fsp3) is 0.500. The van der Waals surface area contributed by atoms with Gasteiger partial charge in [-0.15, -0.1) is 0 Å². The van der Waals surface area contributed by atoms with Gasteiger partial charge in [-0.1, -0.05) is 10.5 Å². The van der Waals surface area contributed by atoms with Crippen LogP contribution in [0.2, 0.25) is 0 Å². The van der Waals surface area contributed by atoms with Crippen molar-refractivity contribution in [1.82, 2.24) is 14.7 Å². The summed E-state index contributed by atoms with van der Waals surface area (Å²) in [5.74, 6) is 1.39. The zero-order valence-corrected chi connectivity index (χ0v) is 14.7. The van der Waals surface area contributed by atoms with Crippen LogP contribution in [0.3, 0.4) is 0 Å². The highest BCUT2D eigenvalue weighted by Gasteiger charge is 2.40. The third-order valence-corrected chi connectivity index (χ3v) is 6.10. The Hall–Kier alpha value is -1.50. The number of benzene rings is 1. The van der Waals surface area contributed by atoms with Crippen LogP contribution in [0.4, 0.5) is 0 Å². The average molecular weight is 345 g/mol. The Bertz CT molecular complexity index is 616. The normalized spacial score (nSPS) is 32.0. The van der Waals surface area contributed by atoms with Crippen LogP contribution >= 0.6 is 11.9 Å². The largest absolute Gasteiger partial charge is 0.395 e. The monoisotopic (exact) mass is 345 g/mol. The molecule has 1 amide bonds. The van der Waals surface area contributed by atoms with E-state index >= 15 is 0 Å². The molecule has 6 heteroatoms. The van der Waals surface area contributed by atoms with Crippen LogP contribution in [0.15, 0.2) is 35.7 Å². The molecule has 0 radical (unpaired) electrons. The molecule has 0 aliphatic carbocycles. The summed E-state index contributed by atoms with van der Waals surface area (Å²) in [7, 11) is 0. The number of carbonyl (C=O) groups is 1. The minimum absolute atomic E-state index is 0.0179. The predicted octanol–water partition coefficient (Wildman–Crippen LogP) is 2.67. The molecule has 4 aliphatic rings. The van der Waals surface area contributed by atoms with Gasteiger partial charge in [-0.05, 0) is 80.4 Å². The van der Waals surface area contributed by atoms with E-state index in [1.165, 1.54) is 37.9 Å². The van der Waals surface area contributed by atoms with Gasteiger partial charge in [-0.25, -0.2) is 0 Å². The second-order valence-corrected chi connectivity index (χ2v) is 7.61. The Morgan fingerprint density at radius 3 is 2.62 bits per heavy atom. The summed E-state index contributed by atoms with van der Waals surface area (Å²) >= 11 is 1.52. The van der Waals surface area contributed by atoms with Crippen LogP contribution in [0, 0.1) is 5.92 Å². The van der Waals surface area contributed by atoms with E-state index in [-0.39, 0.29) is 11.9 Å². The second-order valence-electron chi connectivity index (χ2n) is 6.72. The topological polar surface area (TPSA) is 44.8 Å². The molecular formula is C18H23N3O2S. The van der Waals surface area contributed by atoms with Crippen molar-refractivity contribution in [3.8, 4) is 5.75 Å². The van der Waals surface area contributed by atoms with Crippen LogP contribution in [0.5, 0.6) is 5.75 Å². The molecule has 1 aromatic rings. The molecule has 1 N–H and O–H groups in total. The van der Waals surface area contributed by atoms with E-state index in [1.807, 2.05) is 35.7 Å². The number of fused-ring (bicyclic) bond motifs is 3. The quantitative estimate of drug-likeness (QED) is 0.850. The Labute approximate surface area is 147 Å². The first kappa shape index (κ1) is 16.0. The van der Waals surface area contributed by atoms with E-state index in [1.54, 1.807) is 4.47 Å². The Balaban J connectivity index is 1.37. The maximum atomic E-state index is 12.6. The summed E-state index contributed by atoms with van der Waals surface area (Å²) in [5.41, 5.74) is 0.693. The van der Waals surface area contributed by atoms with Crippen molar-refractivity contribution in [2.75, 3.05) is 19.6 Å². The van der Waals surface area contributed by atoms with Crippen LogP contribution in [0.1, 0.15) is 30.1 Å². The molecule has 0 aromatic heterocycles. The lowest BCUT2D eigenvalue weighted by molar-refractivity contribution is 0.0217. The maximum absolute atomic E-state index is 12.6. The lowest BCUT2D eigenvalue weighted by Crippen LogP contribution is -2.62. The minimum Gasteiger partial charge on any atom is -0.395 e. The van der Waals surface area contributed by atoms with E-state index in [2.05, 4.69) is 17.1 Å². The lowest BCUT2D eigenvalue weighted by Gasteiger charge is -2.49. The van der Waals surface area contributed by atoms with Crippen LogP contribution < -0.4 is 10.2 Å². The van der Waals surface area contributed by atoms with E-state index < -0.39 is 0 Å². The van der Waals surface area contributed by atoms with Gasteiger partial charge in [-0.3, -0.25) is 9.69 Å². The van der Waals surface area contributed by atoms with Crippen molar-refractivity contribution in [3.05, 3.63) is 41.3 Å². The SMILES string of the molecule is C[C@H]1[C@H](NC(=O)c2ccc(ON3CC=CS3)cc2)C2CCN1CC2. The van der Waals surface area contributed by atoms with E-state index in [0.717, 1.165) is 12.3 Å². The van der Waals surface area contributed by atoms with Gasteiger partial charge in [0.25, 0.3) is 5.91 Å². The molecule has 2 atom stereocenters. The van der Waals surface area contributed by atoms with Gasteiger partial charge in [0.2, 0.25) is 0 Å². The fourth-order valence-electron chi connectivity index (χ4n) is 3.91. The molecule has 1 aromatic carbocycles. The zero-order valence-electron chi connectivity index (χ0n) is 13.9. The molecule has 4 aliphatic heterocycles. The number of piperidine rings is 3. The van der Waals surface area contributed by atoms with Crippen molar-refractivity contribution < 1.29 is 9.63 Å². The Morgan fingerprint density at radius 1 is 1.25 bits per heavy atom. The smallest absolute Gasteiger partial charge is 0.251 e. The summed E-state index contributed by atoms with van der Waals surface area (Å²) in [6.07, 6.45) is 4.44. The highest BCUT2D eigenvalue weighted by atomic mass is 32.2. The molecule has 5 rings (SSSR count). The van der Waals surface area contributed by atoms with Crippen LogP contribution in [-0.2, 0) is 0 Å². The highest BCUT2D eigenvalue weighted by Crippen LogP contribution is 2.32. The van der Waals surface area contributed by atoms with Crippen LogP contribution in [0.25, 0.3) is 0 Å². The van der Waals surface area contributed by atoms with Gasteiger partial charge in [0, 0.05) is 17.6 Å². The molecular weight excluding hydrogens is 322 g/mol. The van der Waals surface area contributed by atoms with Gasteiger partial charge in [0.05, 0.1) is 6.54 Å². The van der Waals surface area contributed by atoms with Gasteiger partial charge in [0.15, 0.2) is 0 Å². The van der Waals surface area contributed by atoms with Crippen molar-refractivity contribution >= 4 is 17.9 Å². The summed E-state index contributed by atoms with van der Waals surface area (Å²) in [6, 6.07) is 8.09. The number of hydrogen-bond donors (Lipinski definition) is 1. The maximum Gasteiger partial charge on any atom is 0.251 e. The van der Waals surface area contributed by atoms with Crippen LogP contribution in [-0.4, -0.2) is 47.0 Å². The molecule has 0 unspecified atom stereocenters. The first-order valence-corrected chi connectivity index (χ1v) is 9.46. The fourth-order valence-corrected chi connectivity index (χ4v) is 4.52. The first-order chi connectivity index (χ1) is 11.7. The van der Waals surface area contributed by atoms with Gasteiger partial charge in [-0.2, -0.15) is 0 Å². The molecule has 4 heterocycles. The number of rotatable bonds is 4. The third kappa shape index (κ3) is 3.18. The number of hydrogen-bond acceptors (Lipinski definition) is 5. The van der Waals surface area contributed by atoms with E-state index in [0.29, 0.717) is 17.5 Å². The third-order valence-electron chi connectivity index (χ3n) is 5.33. The predicted molar refractivity (Wildman–Crippen MR) is 95.5 cm³/mol. The van der Waals surface area contributed by atoms with Crippen molar-refractivity contribution in [3.63, 3.8) is 0 Å². The molecule has 3 fully saturated rings. The standard InChI is InChI=1S/C18H23N3O2S/c1-13-17(14-7-10-20(13)11-8-14)19-18(22)15-3-5-16(6-4-15)23-21-9-2-12-24-21/h2-6,12-14,17H,7-11H2,1H3,(H,19,22)/t13-,17-/m0/s1. The lowest BCUT2D eigenvalue weighted by atomic mass is 9.79. The molecule has 0 spiro atoms. The molecule has 3 saturated heterocycles. The van der Waals surface area contributed by atoms with Crippen molar-refractivity contribution in [2.24, 2.45) is 5.92 Å². The number of amides is 1.